The topological polar surface area (TPSA) is 59.8 Å². The van der Waals surface area contributed by atoms with Crippen molar-refractivity contribution in [2.75, 3.05) is 5.75 Å². The van der Waals surface area contributed by atoms with Crippen molar-refractivity contribution in [3.05, 3.63) is 66.0 Å². The molecule has 2 aromatic carbocycles. The lowest BCUT2D eigenvalue weighted by atomic mass is 10.1. The zero-order chi connectivity index (χ0) is 20.6. The van der Waals surface area contributed by atoms with E-state index in [-0.39, 0.29) is 23.5 Å². The SMILES string of the molecule is CC[C@@H](C)NC(=O)CSc1nnc(-c2ccccc2F)n1CCc1ccccc1. The van der Waals surface area contributed by atoms with Crippen LogP contribution in [0.5, 0.6) is 0 Å². The Labute approximate surface area is 174 Å². The zero-order valence-corrected chi connectivity index (χ0v) is 17.5. The fourth-order valence-electron chi connectivity index (χ4n) is 2.87. The van der Waals surface area contributed by atoms with Crippen LogP contribution < -0.4 is 5.32 Å². The van der Waals surface area contributed by atoms with Gasteiger partial charge in [0.05, 0.1) is 11.3 Å². The third-order valence-corrected chi connectivity index (χ3v) is 5.62. The second-order valence-electron chi connectivity index (χ2n) is 6.84. The molecule has 0 saturated heterocycles. The Bertz CT molecular complexity index is 945. The lowest BCUT2D eigenvalue weighted by Gasteiger charge is -2.12. The molecule has 1 N–H and O–H groups in total. The van der Waals surface area contributed by atoms with Crippen molar-refractivity contribution in [1.29, 1.82) is 0 Å². The van der Waals surface area contributed by atoms with Crippen LogP contribution in [0, 0.1) is 5.82 Å². The molecule has 0 aliphatic rings. The van der Waals surface area contributed by atoms with E-state index >= 15 is 0 Å². The molecule has 0 radical (unpaired) electrons. The van der Waals surface area contributed by atoms with Crippen molar-refractivity contribution in [2.45, 2.75) is 44.4 Å². The Kier molecular flexibility index (Phi) is 7.41. The van der Waals surface area contributed by atoms with Crippen LogP contribution in [0.15, 0.2) is 59.8 Å². The Hall–Kier alpha value is -2.67. The Morgan fingerprint density at radius 2 is 1.86 bits per heavy atom. The first-order valence-corrected chi connectivity index (χ1v) is 10.7. The van der Waals surface area contributed by atoms with Crippen molar-refractivity contribution in [1.82, 2.24) is 20.1 Å². The molecule has 29 heavy (non-hydrogen) atoms. The molecule has 3 aromatic rings. The molecule has 5 nitrogen and oxygen atoms in total. The molecule has 1 amide bonds. The number of nitrogens with one attached hydrogen (secondary N) is 1. The van der Waals surface area contributed by atoms with Crippen LogP contribution in [0.2, 0.25) is 0 Å². The summed E-state index contributed by atoms with van der Waals surface area (Å²) in [5.74, 6) is 0.329. The fraction of sp³-hybridized carbons (Fsp3) is 0.318. The quantitative estimate of drug-likeness (QED) is 0.532. The fourth-order valence-corrected chi connectivity index (χ4v) is 3.65. The van der Waals surface area contributed by atoms with Gasteiger partial charge in [-0.3, -0.25) is 4.79 Å². The molecule has 0 unspecified atom stereocenters. The number of carbonyl (C=O) groups is 1. The highest BCUT2D eigenvalue weighted by atomic mass is 32.2. The maximum atomic E-state index is 14.4. The normalized spacial score (nSPS) is 12.0. The van der Waals surface area contributed by atoms with E-state index in [0.29, 0.717) is 23.1 Å². The molecule has 0 spiro atoms. The molecular weight excluding hydrogens is 387 g/mol. The minimum Gasteiger partial charge on any atom is -0.353 e. The lowest BCUT2D eigenvalue weighted by Crippen LogP contribution is -2.33. The van der Waals surface area contributed by atoms with Gasteiger partial charge >= 0.3 is 0 Å². The van der Waals surface area contributed by atoms with Crippen molar-refractivity contribution in [2.24, 2.45) is 0 Å². The van der Waals surface area contributed by atoms with Gasteiger partial charge in [-0.2, -0.15) is 0 Å². The summed E-state index contributed by atoms with van der Waals surface area (Å²) in [5, 5.41) is 12.0. The summed E-state index contributed by atoms with van der Waals surface area (Å²) in [7, 11) is 0. The summed E-state index contributed by atoms with van der Waals surface area (Å²) in [5.41, 5.74) is 1.58. The van der Waals surface area contributed by atoms with E-state index < -0.39 is 0 Å². The Balaban J connectivity index is 1.82. The largest absolute Gasteiger partial charge is 0.353 e. The molecule has 7 heteroatoms. The average Bonchev–Trinajstić information content (AvgIpc) is 3.14. The predicted octanol–water partition coefficient (Wildman–Crippen LogP) is 4.33. The molecule has 3 rings (SSSR count). The van der Waals surface area contributed by atoms with E-state index in [4.69, 9.17) is 0 Å². The summed E-state index contributed by atoms with van der Waals surface area (Å²) < 4.78 is 16.3. The minimum absolute atomic E-state index is 0.0469. The molecule has 0 saturated carbocycles. The van der Waals surface area contributed by atoms with Gasteiger partial charge in [-0.05, 0) is 37.5 Å². The standard InChI is InChI=1S/C22H25FN4OS/c1-3-16(2)24-20(28)15-29-22-26-25-21(18-11-7-8-12-19(18)23)27(22)14-13-17-9-5-4-6-10-17/h4-12,16H,3,13-15H2,1-2H3,(H,24,28)/t16-/m1/s1. The number of rotatable bonds is 9. The number of thioether (sulfide) groups is 1. The highest BCUT2D eigenvalue weighted by molar-refractivity contribution is 7.99. The van der Waals surface area contributed by atoms with Crippen LogP contribution in [-0.4, -0.2) is 32.5 Å². The lowest BCUT2D eigenvalue weighted by molar-refractivity contribution is -0.119. The van der Waals surface area contributed by atoms with E-state index in [2.05, 4.69) is 27.6 Å². The van der Waals surface area contributed by atoms with Gasteiger partial charge in [-0.25, -0.2) is 4.39 Å². The average molecular weight is 413 g/mol. The van der Waals surface area contributed by atoms with Gasteiger partial charge in [-0.1, -0.05) is 61.2 Å². The third-order valence-electron chi connectivity index (χ3n) is 4.65. The van der Waals surface area contributed by atoms with E-state index in [0.717, 1.165) is 12.8 Å². The maximum absolute atomic E-state index is 14.4. The van der Waals surface area contributed by atoms with E-state index in [1.165, 1.54) is 23.4 Å². The van der Waals surface area contributed by atoms with Gasteiger partial charge in [0.25, 0.3) is 0 Å². The monoisotopic (exact) mass is 412 g/mol. The second kappa shape index (κ2) is 10.2. The van der Waals surface area contributed by atoms with Gasteiger partial charge in [0.15, 0.2) is 11.0 Å². The van der Waals surface area contributed by atoms with E-state index in [1.807, 2.05) is 36.6 Å². The summed E-state index contributed by atoms with van der Waals surface area (Å²) in [6.45, 7) is 4.59. The molecule has 152 valence electrons. The summed E-state index contributed by atoms with van der Waals surface area (Å²) in [4.78, 5) is 12.2. The molecule has 1 atom stereocenters. The molecule has 0 fully saturated rings. The van der Waals surface area contributed by atoms with Gasteiger partial charge < -0.3 is 9.88 Å². The highest BCUT2D eigenvalue weighted by Crippen LogP contribution is 2.26. The van der Waals surface area contributed by atoms with Crippen LogP contribution in [-0.2, 0) is 17.8 Å². The van der Waals surface area contributed by atoms with Gasteiger partial charge in [0.1, 0.15) is 5.82 Å². The number of amides is 1. The van der Waals surface area contributed by atoms with Crippen LogP contribution in [0.1, 0.15) is 25.8 Å². The van der Waals surface area contributed by atoms with Crippen LogP contribution in [0.25, 0.3) is 11.4 Å². The first-order valence-electron chi connectivity index (χ1n) is 9.72. The van der Waals surface area contributed by atoms with Crippen LogP contribution >= 0.6 is 11.8 Å². The number of halogens is 1. The maximum Gasteiger partial charge on any atom is 0.230 e. The number of benzene rings is 2. The number of carbonyl (C=O) groups excluding carboxylic acids is 1. The van der Waals surface area contributed by atoms with Gasteiger partial charge in [0, 0.05) is 12.6 Å². The molecular formula is C22H25FN4OS. The zero-order valence-electron chi connectivity index (χ0n) is 16.6. The Morgan fingerprint density at radius 1 is 1.14 bits per heavy atom. The first-order chi connectivity index (χ1) is 14.1. The number of aryl methyl sites for hydroxylation is 1. The van der Waals surface area contributed by atoms with Crippen molar-refractivity contribution >= 4 is 17.7 Å². The Morgan fingerprint density at radius 3 is 2.59 bits per heavy atom. The van der Waals surface area contributed by atoms with Crippen LogP contribution in [0.4, 0.5) is 4.39 Å². The summed E-state index contributed by atoms with van der Waals surface area (Å²) >= 11 is 1.32. The summed E-state index contributed by atoms with van der Waals surface area (Å²) in [6.07, 6.45) is 1.63. The predicted molar refractivity (Wildman–Crippen MR) is 114 cm³/mol. The van der Waals surface area contributed by atoms with E-state index in [1.54, 1.807) is 18.2 Å². The van der Waals surface area contributed by atoms with Gasteiger partial charge in [0.2, 0.25) is 5.91 Å². The molecule has 0 aliphatic heterocycles. The summed E-state index contributed by atoms with van der Waals surface area (Å²) in [6, 6.07) is 16.7. The van der Waals surface area contributed by atoms with Crippen molar-refractivity contribution in [3.63, 3.8) is 0 Å². The highest BCUT2D eigenvalue weighted by Gasteiger charge is 2.18. The molecule has 0 aliphatic carbocycles. The molecule has 0 bridgehead atoms. The first kappa shape index (κ1) is 21.0. The third kappa shape index (κ3) is 5.67. The minimum atomic E-state index is -0.341. The number of nitrogens with zero attached hydrogens (tertiary/aromatic N) is 3. The second-order valence-corrected chi connectivity index (χ2v) is 7.78. The number of hydrogen-bond donors (Lipinski definition) is 1. The van der Waals surface area contributed by atoms with Gasteiger partial charge in [-0.15, -0.1) is 10.2 Å². The van der Waals surface area contributed by atoms with Crippen LogP contribution in [0.3, 0.4) is 0 Å². The smallest absolute Gasteiger partial charge is 0.230 e. The van der Waals surface area contributed by atoms with Crippen molar-refractivity contribution < 1.29 is 9.18 Å². The van der Waals surface area contributed by atoms with Crippen molar-refractivity contribution in [3.8, 4) is 11.4 Å². The number of hydrogen-bond acceptors (Lipinski definition) is 4. The van der Waals surface area contributed by atoms with E-state index in [9.17, 15) is 9.18 Å². The number of aromatic nitrogens is 3. The molecule has 1 aromatic heterocycles. The molecule has 1 heterocycles.